The number of nitrogens with one attached hydrogen (secondary N) is 1. The summed E-state index contributed by atoms with van der Waals surface area (Å²) in [5.74, 6) is 1.06. The van der Waals surface area contributed by atoms with E-state index in [2.05, 4.69) is 37.4 Å². The summed E-state index contributed by atoms with van der Waals surface area (Å²) in [7, 11) is 0. The highest BCUT2D eigenvalue weighted by Gasteiger charge is 2.14. The average molecular weight is 219 g/mol. The molecule has 88 valence electrons. The van der Waals surface area contributed by atoms with Gasteiger partial charge in [0.1, 0.15) is 5.75 Å². The van der Waals surface area contributed by atoms with E-state index in [-0.39, 0.29) is 0 Å². The maximum absolute atomic E-state index is 6.11. The SMILES string of the molecule is Cc1ccc(C)c(OC2CCCNCC2)c1. The van der Waals surface area contributed by atoms with E-state index in [0.717, 1.165) is 25.3 Å². The van der Waals surface area contributed by atoms with Crippen LogP contribution in [0.3, 0.4) is 0 Å². The summed E-state index contributed by atoms with van der Waals surface area (Å²) in [4.78, 5) is 0. The van der Waals surface area contributed by atoms with E-state index in [1.165, 1.54) is 24.0 Å². The van der Waals surface area contributed by atoms with Gasteiger partial charge in [-0.25, -0.2) is 0 Å². The third-order valence-corrected chi connectivity index (χ3v) is 3.16. The van der Waals surface area contributed by atoms with Crippen molar-refractivity contribution in [2.45, 2.75) is 39.2 Å². The molecule has 1 unspecified atom stereocenters. The second kappa shape index (κ2) is 5.35. The van der Waals surface area contributed by atoms with E-state index < -0.39 is 0 Å². The van der Waals surface area contributed by atoms with Crippen molar-refractivity contribution in [2.24, 2.45) is 0 Å². The van der Waals surface area contributed by atoms with E-state index in [9.17, 15) is 0 Å². The number of ether oxygens (including phenoxy) is 1. The van der Waals surface area contributed by atoms with Gasteiger partial charge >= 0.3 is 0 Å². The third kappa shape index (κ3) is 2.99. The fourth-order valence-corrected chi connectivity index (χ4v) is 2.12. The van der Waals surface area contributed by atoms with Crippen LogP contribution in [0, 0.1) is 13.8 Å². The topological polar surface area (TPSA) is 21.3 Å². The zero-order valence-electron chi connectivity index (χ0n) is 10.3. The van der Waals surface area contributed by atoms with Crippen molar-refractivity contribution in [3.63, 3.8) is 0 Å². The molecule has 2 rings (SSSR count). The molecule has 0 aliphatic carbocycles. The van der Waals surface area contributed by atoms with Gasteiger partial charge in [0.25, 0.3) is 0 Å². The largest absolute Gasteiger partial charge is 0.490 e. The molecule has 2 heteroatoms. The molecule has 1 aromatic carbocycles. The Morgan fingerprint density at radius 1 is 1.19 bits per heavy atom. The molecule has 1 N–H and O–H groups in total. The minimum absolute atomic E-state index is 0.385. The number of benzene rings is 1. The predicted octanol–water partition coefficient (Wildman–Crippen LogP) is 2.82. The van der Waals surface area contributed by atoms with Gasteiger partial charge in [0.05, 0.1) is 6.10 Å². The quantitative estimate of drug-likeness (QED) is 0.826. The van der Waals surface area contributed by atoms with Gasteiger partial charge in [-0.2, -0.15) is 0 Å². The van der Waals surface area contributed by atoms with E-state index in [1.807, 2.05) is 0 Å². The molecule has 0 amide bonds. The highest BCUT2D eigenvalue weighted by atomic mass is 16.5. The molecule has 0 aromatic heterocycles. The Kier molecular flexibility index (Phi) is 3.83. The minimum Gasteiger partial charge on any atom is -0.490 e. The summed E-state index contributed by atoms with van der Waals surface area (Å²) >= 11 is 0. The number of aryl methyl sites for hydroxylation is 2. The molecule has 0 saturated carbocycles. The highest BCUT2D eigenvalue weighted by Crippen LogP contribution is 2.22. The summed E-state index contributed by atoms with van der Waals surface area (Å²) in [6.45, 7) is 6.44. The second-order valence-electron chi connectivity index (χ2n) is 4.69. The second-order valence-corrected chi connectivity index (χ2v) is 4.69. The Bertz CT molecular complexity index is 341. The molecule has 0 spiro atoms. The zero-order valence-corrected chi connectivity index (χ0v) is 10.3. The van der Waals surface area contributed by atoms with Gasteiger partial charge in [-0.3, -0.25) is 0 Å². The van der Waals surface area contributed by atoms with Gasteiger partial charge in [-0.15, -0.1) is 0 Å². The van der Waals surface area contributed by atoms with Crippen molar-refractivity contribution in [2.75, 3.05) is 13.1 Å². The lowest BCUT2D eigenvalue weighted by Gasteiger charge is -2.18. The van der Waals surface area contributed by atoms with Crippen LogP contribution in [-0.4, -0.2) is 19.2 Å². The van der Waals surface area contributed by atoms with Gasteiger partial charge in [-0.1, -0.05) is 12.1 Å². The molecule has 1 aliphatic heterocycles. The van der Waals surface area contributed by atoms with E-state index in [1.54, 1.807) is 0 Å². The highest BCUT2D eigenvalue weighted by molar-refractivity contribution is 5.36. The van der Waals surface area contributed by atoms with Crippen molar-refractivity contribution in [1.82, 2.24) is 5.32 Å². The van der Waals surface area contributed by atoms with Crippen LogP contribution >= 0.6 is 0 Å². The number of hydrogen-bond donors (Lipinski definition) is 1. The monoisotopic (exact) mass is 219 g/mol. The lowest BCUT2D eigenvalue weighted by atomic mass is 10.1. The molecular weight excluding hydrogens is 198 g/mol. The molecular formula is C14H21NO. The Balaban J connectivity index is 2.04. The first-order valence-electron chi connectivity index (χ1n) is 6.20. The first-order chi connectivity index (χ1) is 7.75. The van der Waals surface area contributed by atoms with Crippen LogP contribution in [0.2, 0.25) is 0 Å². The molecule has 0 bridgehead atoms. The van der Waals surface area contributed by atoms with Gasteiger partial charge in [0.15, 0.2) is 0 Å². The molecule has 1 heterocycles. The predicted molar refractivity (Wildman–Crippen MR) is 67.1 cm³/mol. The van der Waals surface area contributed by atoms with Crippen LogP contribution in [0.4, 0.5) is 0 Å². The van der Waals surface area contributed by atoms with Gasteiger partial charge in [0, 0.05) is 0 Å². The maximum atomic E-state index is 6.11. The molecule has 2 nitrogen and oxygen atoms in total. The van der Waals surface area contributed by atoms with Crippen LogP contribution in [-0.2, 0) is 0 Å². The summed E-state index contributed by atoms with van der Waals surface area (Å²) in [6, 6.07) is 6.42. The molecule has 1 aliphatic rings. The van der Waals surface area contributed by atoms with Crippen molar-refractivity contribution in [3.05, 3.63) is 29.3 Å². The van der Waals surface area contributed by atoms with Gasteiger partial charge in [-0.05, 0) is 63.4 Å². The Hall–Kier alpha value is -1.02. The van der Waals surface area contributed by atoms with Gasteiger partial charge in [0.2, 0.25) is 0 Å². The van der Waals surface area contributed by atoms with Crippen molar-refractivity contribution in [1.29, 1.82) is 0 Å². The summed E-state index contributed by atoms with van der Waals surface area (Å²) in [5, 5.41) is 3.41. The van der Waals surface area contributed by atoms with Crippen LogP contribution in [0.15, 0.2) is 18.2 Å². The Morgan fingerprint density at radius 2 is 2.06 bits per heavy atom. The molecule has 16 heavy (non-hydrogen) atoms. The Morgan fingerprint density at radius 3 is 2.94 bits per heavy atom. The average Bonchev–Trinajstić information content (AvgIpc) is 2.52. The lowest BCUT2D eigenvalue weighted by molar-refractivity contribution is 0.186. The summed E-state index contributed by atoms with van der Waals surface area (Å²) < 4.78 is 6.11. The normalized spacial score (nSPS) is 21.5. The standard InChI is InChI=1S/C14H21NO/c1-11-5-6-12(2)14(10-11)16-13-4-3-8-15-9-7-13/h5-6,10,13,15H,3-4,7-9H2,1-2H3. The fourth-order valence-electron chi connectivity index (χ4n) is 2.12. The Labute approximate surface area is 98.0 Å². The zero-order chi connectivity index (χ0) is 11.4. The van der Waals surface area contributed by atoms with Crippen molar-refractivity contribution >= 4 is 0 Å². The molecule has 1 atom stereocenters. The molecule has 0 radical (unpaired) electrons. The summed E-state index contributed by atoms with van der Waals surface area (Å²) in [6.07, 6.45) is 3.89. The summed E-state index contributed by atoms with van der Waals surface area (Å²) in [5.41, 5.74) is 2.51. The number of rotatable bonds is 2. The van der Waals surface area contributed by atoms with Crippen LogP contribution in [0.5, 0.6) is 5.75 Å². The first kappa shape index (κ1) is 11.5. The molecule has 1 fully saturated rings. The maximum Gasteiger partial charge on any atom is 0.122 e. The minimum atomic E-state index is 0.385. The van der Waals surface area contributed by atoms with E-state index >= 15 is 0 Å². The first-order valence-corrected chi connectivity index (χ1v) is 6.20. The van der Waals surface area contributed by atoms with Crippen LogP contribution in [0.25, 0.3) is 0 Å². The van der Waals surface area contributed by atoms with Crippen LogP contribution in [0.1, 0.15) is 30.4 Å². The van der Waals surface area contributed by atoms with E-state index in [0.29, 0.717) is 6.10 Å². The third-order valence-electron chi connectivity index (χ3n) is 3.16. The number of hydrogen-bond acceptors (Lipinski definition) is 2. The smallest absolute Gasteiger partial charge is 0.122 e. The van der Waals surface area contributed by atoms with Crippen molar-refractivity contribution in [3.8, 4) is 5.75 Å². The van der Waals surface area contributed by atoms with Crippen molar-refractivity contribution < 1.29 is 4.74 Å². The molecule has 1 saturated heterocycles. The van der Waals surface area contributed by atoms with Gasteiger partial charge < -0.3 is 10.1 Å². The van der Waals surface area contributed by atoms with Crippen LogP contribution < -0.4 is 10.1 Å². The fraction of sp³-hybridized carbons (Fsp3) is 0.571. The van der Waals surface area contributed by atoms with E-state index in [4.69, 9.17) is 4.74 Å². The molecule has 1 aromatic rings. The lowest BCUT2D eigenvalue weighted by Crippen LogP contribution is -2.19.